The number of aromatic nitrogens is 1. The molecular weight excluding hydrogens is 221 g/mol. The van der Waals surface area contributed by atoms with Crippen molar-refractivity contribution >= 4 is 0 Å². The lowest BCUT2D eigenvalue weighted by Gasteiger charge is -2.38. The Kier molecular flexibility index (Phi) is 2.54. The minimum atomic E-state index is -1.39. The number of aliphatic hydroxyl groups excluding tert-OH is 1. The third-order valence-electron chi connectivity index (χ3n) is 3.71. The van der Waals surface area contributed by atoms with Crippen LogP contribution in [0.25, 0.3) is 0 Å². The highest BCUT2D eigenvalue weighted by Gasteiger charge is 2.45. The molecule has 2 aliphatic carbocycles. The van der Waals surface area contributed by atoms with E-state index >= 15 is 0 Å². The van der Waals surface area contributed by atoms with Gasteiger partial charge in [0.15, 0.2) is 0 Å². The van der Waals surface area contributed by atoms with Crippen molar-refractivity contribution < 1.29 is 14.2 Å². The summed E-state index contributed by atoms with van der Waals surface area (Å²) in [4.78, 5) is 4.10. The highest BCUT2D eigenvalue weighted by Crippen LogP contribution is 2.45. The maximum Gasteiger partial charge on any atom is 0.213 e. The Balaban J connectivity index is 1.74. The van der Waals surface area contributed by atoms with Gasteiger partial charge in [-0.2, -0.15) is 0 Å². The lowest BCUT2D eigenvalue weighted by molar-refractivity contribution is -0.0609. The van der Waals surface area contributed by atoms with E-state index in [4.69, 9.17) is 4.74 Å². The third kappa shape index (κ3) is 2.02. The monoisotopic (exact) mass is 237 g/mol. The molecule has 2 fully saturated rings. The van der Waals surface area contributed by atoms with Crippen LogP contribution in [0, 0.1) is 0 Å². The smallest absolute Gasteiger partial charge is 0.213 e. The van der Waals surface area contributed by atoms with Crippen LogP contribution in [-0.2, 0) is 5.67 Å². The fraction of sp³-hybridized carbons (Fsp3) is 0.615. The Morgan fingerprint density at radius 1 is 1.41 bits per heavy atom. The normalized spacial score (nSPS) is 32.7. The van der Waals surface area contributed by atoms with Crippen LogP contribution in [0.1, 0.15) is 37.7 Å². The van der Waals surface area contributed by atoms with Crippen molar-refractivity contribution in [2.75, 3.05) is 0 Å². The fourth-order valence-corrected chi connectivity index (χ4v) is 2.33. The third-order valence-corrected chi connectivity index (χ3v) is 3.71. The van der Waals surface area contributed by atoms with Crippen molar-refractivity contribution in [3.63, 3.8) is 0 Å². The first-order chi connectivity index (χ1) is 8.16. The van der Waals surface area contributed by atoms with Crippen LogP contribution in [0.5, 0.6) is 5.88 Å². The highest BCUT2D eigenvalue weighted by molar-refractivity contribution is 5.29. The zero-order valence-electron chi connectivity index (χ0n) is 9.60. The molecule has 0 aliphatic heterocycles. The minimum absolute atomic E-state index is 0.180. The van der Waals surface area contributed by atoms with Gasteiger partial charge >= 0.3 is 0 Å². The summed E-state index contributed by atoms with van der Waals surface area (Å²) in [6.07, 6.45) is 5.00. The molecule has 3 nitrogen and oxygen atoms in total. The molecule has 0 saturated heterocycles. The van der Waals surface area contributed by atoms with Crippen molar-refractivity contribution in [2.24, 2.45) is 0 Å². The molecule has 92 valence electrons. The number of alkyl halides is 1. The van der Waals surface area contributed by atoms with Crippen molar-refractivity contribution in [2.45, 2.75) is 50.0 Å². The van der Waals surface area contributed by atoms with Crippen LogP contribution in [0.3, 0.4) is 0 Å². The van der Waals surface area contributed by atoms with E-state index in [-0.39, 0.29) is 18.9 Å². The molecule has 0 spiro atoms. The Hall–Kier alpha value is -1.16. The lowest BCUT2D eigenvalue weighted by atomic mass is 9.75. The first-order valence-electron chi connectivity index (χ1n) is 6.16. The predicted molar refractivity (Wildman–Crippen MR) is 60.5 cm³/mol. The van der Waals surface area contributed by atoms with Gasteiger partial charge in [0, 0.05) is 25.1 Å². The van der Waals surface area contributed by atoms with Gasteiger partial charge in [-0.15, -0.1) is 0 Å². The molecule has 4 heteroatoms. The number of aliphatic hydroxyl groups is 1. The van der Waals surface area contributed by atoms with Crippen molar-refractivity contribution in [1.82, 2.24) is 4.98 Å². The SMILES string of the molecule is O[C@H]1C[C@](F)(c2ccnc(OC3CCC3)c2)C1. The van der Waals surface area contributed by atoms with Crippen molar-refractivity contribution in [1.29, 1.82) is 0 Å². The molecule has 0 unspecified atom stereocenters. The van der Waals surface area contributed by atoms with E-state index in [1.165, 1.54) is 6.42 Å². The molecule has 1 N–H and O–H groups in total. The number of ether oxygens (including phenoxy) is 1. The largest absolute Gasteiger partial charge is 0.474 e. The van der Waals surface area contributed by atoms with E-state index in [9.17, 15) is 9.50 Å². The van der Waals surface area contributed by atoms with Crippen LogP contribution in [0.4, 0.5) is 4.39 Å². The Morgan fingerprint density at radius 3 is 2.76 bits per heavy atom. The van der Waals surface area contributed by atoms with Gasteiger partial charge in [-0.25, -0.2) is 9.37 Å². The van der Waals surface area contributed by atoms with E-state index in [0.717, 1.165) is 12.8 Å². The number of hydrogen-bond donors (Lipinski definition) is 1. The number of nitrogens with zero attached hydrogens (tertiary/aromatic N) is 1. The summed E-state index contributed by atoms with van der Waals surface area (Å²) in [5, 5.41) is 9.22. The molecule has 2 saturated carbocycles. The molecule has 3 rings (SSSR count). The molecule has 1 aromatic rings. The van der Waals surface area contributed by atoms with E-state index in [1.54, 1.807) is 18.3 Å². The van der Waals surface area contributed by atoms with E-state index in [2.05, 4.69) is 4.98 Å². The van der Waals surface area contributed by atoms with E-state index < -0.39 is 11.8 Å². The quantitative estimate of drug-likeness (QED) is 0.877. The number of rotatable bonds is 3. The van der Waals surface area contributed by atoms with Gasteiger partial charge in [-0.1, -0.05) is 0 Å². The first kappa shape index (κ1) is 11.0. The van der Waals surface area contributed by atoms with Gasteiger partial charge in [-0.05, 0) is 30.9 Å². The summed E-state index contributed by atoms with van der Waals surface area (Å²) >= 11 is 0. The predicted octanol–water partition coefficient (Wildman–Crippen LogP) is 2.33. The zero-order chi connectivity index (χ0) is 11.9. The minimum Gasteiger partial charge on any atom is -0.474 e. The van der Waals surface area contributed by atoms with Crippen molar-refractivity contribution in [3.8, 4) is 5.88 Å². The zero-order valence-corrected chi connectivity index (χ0v) is 9.60. The summed E-state index contributed by atoms with van der Waals surface area (Å²) < 4.78 is 19.9. The summed E-state index contributed by atoms with van der Waals surface area (Å²) in [5.74, 6) is 0.505. The van der Waals surface area contributed by atoms with E-state index in [1.807, 2.05) is 0 Å². The Labute approximate surface area is 99.6 Å². The van der Waals surface area contributed by atoms with Crippen LogP contribution in [0.15, 0.2) is 18.3 Å². The van der Waals surface area contributed by atoms with Crippen LogP contribution >= 0.6 is 0 Å². The molecule has 0 atom stereocenters. The van der Waals surface area contributed by atoms with Crippen LogP contribution < -0.4 is 4.74 Å². The number of pyridine rings is 1. The van der Waals surface area contributed by atoms with Crippen LogP contribution in [0.2, 0.25) is 0 Å². The molecule has 0 bridgehead atoms. The number of halogens is 1. The average molecular weight is 237 g/mol. The molecular formula is C13H16FNO2. The molecule has 0 radical (unpaired) electrons. The summed E-state index contributed by atoms with van der Waals surface area (Å²) in [6.45, 7) is 0. The second kappa shape index (κ2) is 3.95. The van der Waals surface area contributed by atoms with Gasteiger partial charge < -0.3 is 9.84 Å². The standard InChI is InChI=1S/C13H16FNO2/c14-13(7-10(16)8-13)9-4-5-15-12(6-9)17-11-2-1-3-11/h4-6,10-11,16H,1-3,7-8H2/t10-,13+. The second-order valence-electron chi connectivity index (χ2n) is 5.08. The average Bonchev–Trinajstić information content (AvgIpc) is 2.22. The van der Waals surface area contributed by atoms with Gasteiger partial charge in [-0.3, -0.25) is 0 Å². The summed E-state index contributed by atoms with van der Waals surface area (Å²) in [7, 11) is 0. The van der Waals surface area contributed by atoms with Gasteiger partial charge in [0.2, 0.25) is 5.88 Å². The highest BCUT2D eigenvalue weighted by atomic mass is 19.1. The van der Waals surface area contributed by atoms with Crippen molar-refractivity contribution in [3.05, 3.63) is 23.9 Å². The first-order valence-corrected chi connectivity index (χ1v) is 6.16. The topological polar surface area (TPSA) is 42.4 Å². The number of hydrogen-bond acceptors (Lipinski definition) is 3. The lowest BCUT2D eigenvalue weighted by Crippen LogP contribution is -2.40. The van der Waals surface area contributed by atoms with Crippen LogP contribution in [-0.4, -0.2) is 22.3 Å². The summed E-state index contributed by atoms with van der Waals surface area (Å²) in [5.41, 5.74) is -0.813. The molecule has 0 amide bonds. The Bertz CT molecular complexity index is 414. The fourth-order valence-electron chi connectivity index (χ4n) is 2.33. The molecule has 17 heavy (non-hydrogen) atoms. The maximum absolute atomic E-state index is 14.3. The molecule has 1 aromatic heterocycles. The Morgan fingerprint density at radius 2 is 2.18 bits per heavy atom. The van der Waals surface area contributed by atoms with E-state index in [0.29, 0.717) is 11.4 Å². The van der Waals surface area contributed by atoms with Gasteiger partial charge in [0.25, 0.3) is 0 Å². The molecule has 0 aromatic carbocycles. The molecule has 1 heterocycles. The maximum atomic E-state index is 14.3. The van der Waals surface area contributed by atoms with Gasteiger partial charge in [0.05, 0.1) is 6.10 Å². The van der Waals surface area contributed by atoms with Gasteiger partial charge in [0.1, 0.15) is 11.8 Å². The summed E-state index contributed by atoms with van der Waals surface area (Å²) in [6, 6.07) is 3.34. The second-order valence-corrected chi connectivity index (χ2v) is 5.08. The molecule has 2 aliphatic rings.